The Morgan fingerprint density at radius 3 is 2.30 bits per heavy atom. The van der Waals surface area contributed by atoms with E-state index in [-0.39, 0.29) is 0 Å². The van der Waals surface area contributed by atoms with Crippen LogP contribution in [0.4, 0.5) is 0 Å². The summed E-state index contributed by atoms with van der Waals surface area (Å²) in [6.45, 7) is 4.20. The lowest BCUT2D eigenvalue weighted by molar-refractivity contribution is 0.312. The van der Waals surface area contributed by atoms with E-state index in [1.807, 2.05) is 0 Å². The minimum Gasteiger partial charge on any atom is -0.301 e. The van der Waals surface area contributed by atoms with E-state index in [1.54, 1.807) is 0 Å². The number of aromatic nitrogens is 1. The van der Waals surface area contributed by atoms with Crippen LogP contribution < -0.4 is 0 Å². The van der Waals surface area contributed by atoms with Gasteiger partial charge in [0.15, 0.2) is 0 Å². The summed E-state index contributed by atoms with van der Waals surface area (Å²) in [4.78, 5) is 6.94. The molecular weight excluding hydrogens is 312 g/mol. The first-order valence-corrected chi connectivity index (χ1v) is 9.01. The molecule has 0 aromatic carbocycles. The smallest absolute Gasteiger partial charge is 0.0547 e. The largest absolute Gasteiger partial charge is 0.301 e. The second kappa shape index (κ2) is 11.3. The van der Waals surface area contributed by atoms with E-state index in [4.69, 9.17) is 0 Å². The Bertz CT molecular complexity index is 355. The highest BCUT2D eigenvalue weighted by atomic mass is 79.9. The van der Waals surface area contributed by atoms with Crippen molar-refractivity contribution in [2.45, 2.75) is 58.4 Å². The average Bonchev–Trinajstić information content (AvgIpc) is 2.42. The van der Waals surface area contributed by atoms with Crippen LogP contribution in [0.3, 0.4) is 0 Å². The number of aryl methyl sites for hydroxylation is 1. The Kier molecular flexibility index (Phi) is 9.94. The normalized spacial score (nSPS) is 11.2. The first-order chi connectivity index (χ1) is 9.72. The summed E-state index contributed by atoms with van der Waals surface area (Å²) in [5, 5.41) is 1.16. The Morgan fingerprint density at radius 2 is 1.65 bits per heavy atom. The summed E-state index contributed by atoms with van der Waals surface area (Å²) in [7, 11) is 2.19. The maximum atomic E-state index is 4.55. The molecule has 1 rings (SSSR count). The fourth-order valence-electron chi connectivity index (χ4n) is 2.40. The molecule has 0 atom stereocenters. The molecule has 0 N–H and O–H groups in total. The van der Waals surface area contributed by atoms with E-state index >= 15 is 0 Å². The molecule has 1 aromatic rings. The van der Waals surface area contributed by atoms with Crippen molar-refractivity contribution in [1.29, 1.82) is 0 Å². The zero-order valence-electron chi connectivity index (χ0n) is 13.1. The predicted molar refractivity (Wildman–Crippen MR) is 91.4 cm³/mol. The Labute approximate surface area is 133 Å². The van der Waals surface area contributed by atoms with Crippen molar-refractivity contribution in [3.05, 3.63) is 29.6 Å². The number of unbranched alkanes of at least 4 members (excludes halogenated alkanes) is 6. The second-order valence-electron chi connectivity index (χ2n) is 5.67. The van der Waals surface area contributed by atoms with Crippen molar-refractivity contribution in [3.63, 3.8) is 0 Å². The molecule has 20 heavy (non-hydrogen) atoms. The molecular formula is C17H29BrN2. The fraction of sp³-hybridized carbons (Fsp3) is 0.706. The van der Waals surface area contributed by atoms with Crippen LogP contribution in [-0.2, 0) is 6.54 Å². The highest BCUT2D eigenvalue weighted by molar-refractivity contribution is 9.09. The van der Waals surface area contributed by atoms with Crippen LogP contribution in [0.2, 0.25) is 0 Å². The fourth-order valence-corrected chi connectivity index (χ4v) is 2.80. The molecule has 0 aliphatic heterocycles. The van der Waals surface area contributed by atoms with Gasteiger partial charge in [0, 0.05) is 17.6 Å². The van der Waals surface area contributed by atoms with Gasteiger partial charge in [-0.25, -0.2) is 0 Å². The van der Waals surface area contributed by atoms with Gasteiger partial charge in [0.2, 0.25) is 0 Å². The number of hydrogen-bond acceptors (Lipinski definition) is 2. The van der Waals surface area contributed by atoms with Gasteiger partial charge >= 0.3 is 0 Å². The maximum Gasteiger partial charge on any atom is 0.0547 e. The minimum absolute atomic E-state index is 0.965. The van der Waals surface area contributed by atoms with E-state index in [0.29, 0.717) is 0 Å². The number of halogens is 1. The third-order valence-electron chi connectivity index (χ3n) is 3.55. The number of alkyl halides is 1. The van der Waals surface area contributed by atoms with Gasteiger partial charge in [-0.05, 0) is 45.5 Å². The third kappa shape index (κ3) is 8.70. The monoisotopic (exact) mass is 340 g/mol. The van der Waals surface area contributed by atoms with Crippen molar-refractivity contribution >= 4 is 15.9 Å². The van der Waals surface area contributed by atoms with Crippen molar-refractivity contribution < 1.29 is 0 Å². The number of rotatable bonds is 11. The number of pyridine rings is 1. The average molecular weight is 341 g/mol. The van der Waals surface area contributed by atoms with E-state index in [0.717, 1.165) is 17.6 Å². The molecule has 0 spiro atoms. The molecule has 0 fully saturated rings. The SMILES string of the molecule is Cc1cccc(CN(C)CCCCCCCCCBr)n1. The first kappa shape index (κ1) is 17.6. The van der Waals surface area contributed by atoms with Crippen LogP contribution in [0.25, 0.3) is 0 Å². The summed E-state index contributed by atoms with van der Waals surface area (Å²) in [6, 6.07) is 6.27. The molecule has 114 valence electrons. The van der Waals surface area contributed by atoms with Gasteiger partial charge in [-0.3, -0.25) is 4.98 Å². The Balaban J connectivity index is 2.01. The zero-order chi connectivity index (χ0) is 14.6. The summed E-state index contributed by atoms with van der Waals surface area (Å²) in [6.07, 6.45) is 9.56. The van der Waals surface area contributed by atoms with Crippen LogP contribution in [-0.4, -0.2) is 28.8 Å². The van der Waals surface area contributed by atoms with E-state index in [1.165, 1.54) is 57.2 Å². The molecule has 2 nitrogen and oxygen atoms in total. The highest BCUT2D eigenvalue weighted by Gasteiger charge is 2.01. The van der Waals surface area contributed by atoms with Gasteiger partial charge in [-0.15, -0.1) is 0 Å². The van der Waals surface area contributed by atoms with E-state index < -0.39 is 0 Å². The molecule has 1 heterocycles. The molecule has 0 saturated carbocycles. The maximum absolute atomic E-state index is 4.55. The van der Waals surface area contributed by atoms with Crippen LogP contribution in [0, 0.1) is 6.92 Å². The van der Waals surface area contributed by atoms with Crippen molar-refractivity contribution in [3.8, 4) is 0 Å². The lowest BCUT2D eigenvalue weighted by atomic mass is 10.1. The van der Waals surface area contributed by atoms with Gasteiger partial charge in [-0.2, -0.15) is 0 Å². The van der Waals surface area contributed by atoms with Crippen molar-refractivity contribution in [1.82, 2.24) is 9.88 Å². The summed E-state index contributed by atoms with van der Waals surface area (Å²) in [5.74, 6) is 0. The van der Waals surface area contributed by atoms with Gasteiger partial charge in [0.1, 0.15) is 0 Å². The molecule has 3 heteroatoms. The van der Waals surface area contributed by atoms with Crippen molar-refractivity contribution in [2.24, 2.45) is 0 Å². The molecule has 1 aromatic heterocycles. The second-order valence-corrected chi connectivity index (χ2v) is 6.46. The van der Waals surface area contributed by atoms with E-state index in [9.17, 15) is 0 Å². The van der Waals surface area contributed by atoms with Crippen LogP contribution in [0.5, 0.6) is 0 Å². The number of nitrogens with zero attached hydrogens (tertiary/aromatic N) is 2. The molecule has 0 amide bonds. The molecule has 0 unspecified atom stereocenters. The van der Waals surface area contributed by atoms with Gasteiger partial charge in [0.05, 0.1) is 5.69 Å². The van der Waals surface area contributed by atoms with Crippen LogP contribution in [0.1, 0.15) is 56.3 Å². The third-order valence-corrected chi connectivity index (χ3v) is 4.11. The summed E-state index contributed by atoms with van der Waals surface area (Å²) >= 11 is 3.48. The lowest BCUT2D eigenvalue weighted by Gasteiger charge is -2.16. The molecule has 0 aliphatic rings. The Morgan fingerprint density at radius 1 is 1.00 bits per heavy atom. The molecule has 0 saturated heterocycles. The van der Waals surface area contributed by atoms with Crippen LogP contribution in [0.15, 0.2) is 18.2 Å². The predicted octanol–water partition coefficient (Wildman–Crippen LogP) is 4.95. The van der Waals surface area contributed by atoms with E-state index in [2.05, 4.69) is 58.0 Å². The molecule has 0 aliphatic carbocycles. The molecule has 0 radical (unpaired) electrons. The summed E-state index contributed by atoms with van der Waals surface area (Å²) in [5.41, 5.74) is 2.29. The molecule has 0 bridgehead atoms. The highest BCUT2D eigenvalue weighted by Crippen LogP contribution is 2.09. The van der Waals surface area contributed by atoms with Gasteiger partial charge in [0.25, 0.3) is 0 Å². The van der Waals surface area contributed by atoms with Gasteiger partial charge < -0.3 is 4.90 Å². The Hall–Kier alpha value is -0.410. The topological polar surface area (TPSA) is 16.1 Å². The quantitative estimate of drug-likeness (QED) is 0.418. The number of hydrogen-bond donors (Lipinski definition) is 0. The van der Waals surface area contributed by atoms with Crippen molar-refractivity contribution in [2.75, 3.05) is 18.9 Å². The first-order valence-electron chi connectivity index (χ1n) is 7.89. The van der Waals surface area contributed by atoms with Crippen LogP contribution >= 0.6 is 15.9 Å². The standard InChI is InChI=1S/C17H29BrN2/c1-16-11-10-12-17(19-16)15-20(2)14-9-7-5-3-4-6-8-13-18/h10-12H,3-9,13-15H2,1-2H3. The van der Waals surface area contributed by atoms with Gasteiger partial charge in [-0.1, -0.05) is 54.1 Å². The summed E-state index contributed by atoms with van der Waals surface area (Å²) < 4.78 is 0. The lowest BCUT2D eigenvalue weighted by Crippen LogP contribution is -2.19. The minimum atomic E-state index is 0.965. The zero-order valence-corrected chi connectivity index (χ0v) is 14.7.